The molecule has 1 N–H and O–H groups in total. The number of nitrogens with one attached hydrogen (secondary N) is 1. The quantitative estimate of drug-likeness (QED) is 0.730. The molecule has 0 aliphatic rings. The second-order valence-corrected chi connectivity index (χ2v) is 6.16. The summed E-state index contributed by atoms with van der Waals surface area (Å²) >= 11 is 8.60. The highest BCUT2D eigenvalue weighted by atomic mass is 35.5. The van der Waals surface area contributed by atoms with Crippen LogP contribution >= 0.6 is 35.1 Å². The van der Waals surface area contributed by atoms with Crippen LogP contribution in [0.15, 0.2) is 47.4 Å². The van der Waals surface area contributed by atoms with Crippen LogP contribution in [-0.4, -0.2) is 20.4 Å². The molecule has 0 spiro atoms. The van der Waals surface area contributed by atoms with Crippen LogP contribution in [0.2, 0.25) is 5.02 Å². The Morgan fingerprint density at radius 2 is 2.05 bits per heavy atom. The maximum absolute atomic E-state index is 12.0. The second-order valence-electron chi connectivity index (χ2n) is 4.20. The van der Waals surface area contributed by atoms with Gasteiger partial charge in [0.2, 0.25) is 5.91 Å². The minimum atomic E-state index is -0.0968. The lowest BCUT2D eigenvalue weighted by Crippen LogP contribution is -2.14. The summed E-state index contributed by atoms with van der Waals surface area (Å²) in [5.74, 6) is 0.193. The van der Waals surface area contributed by atoms with Crippen molar-refractivity contribution in [2.24, 2.45) is 0 Å². The highest BCUT2D eigenvalue weighted by Gasteiger charge is 2.09. The van der Waals surface area contributed by atoms with Crippen LogP contribution in [0.5, 0.6) is 0 Å². The number of fused-ring (bicyclic) bond motifs is 1. The van der Waals surface area contributed by atoms with Gasteiger partial charge in [0.25, 0.3) is 0 Å². The van der Waals surface area contributed by atoms with E-state index in [2.05, 4.69) is 14.1 Å². The van der Waals surface area contributed by atoms with E-state index in [0.717, 1.165) is 27.7 Å². The number of rotatable bonds is 4. The lowest BCUT2D eigenvalue weighted by atomic mass is 10.2. The van der Waals surface area contributed by atoms with Gasteiger partial charge in [0.1, 0.15) is 11.0 Å². The first-order valence-electron chi connectivity index (χ1n) is 6.12. The van der Waals surface area contributed by atoms with Gasteiger partial charge in [-0.15, -0.1) is 11.8 Å². The largest absolute Gasteiger partial charge is 0.323 e. The van der Waals surface area contributed by atoms with Gasteiger partial charge in [-0.3, -0.25) is 4.79 Å². The van der Waals surface area contributed by atoms with Crippen molar-refractivity contribution in [3.05, 3.63) is 47.5 Å². The first kappa shape index (κ1) is 14.3. The molecule has 0 aliphatic carbocycles. The zero-order chi connectivity index (χ0) is 14.7. The van der Waals surface area contributed by atoms with E-state index in [1.54, 1.807) is 0 Å². The van der Waals surface area contributed by atoms with Crippen molar-refractivity contribution in [2.75, 3.05) is 11.1 Å². The normalized spacial score (nSPS) is 10.7. The number of halogens is 1. The molecule has 2 aromatic carbocycles. The molecule has 0 atom stereocenters. The molecule has 4 nitrogen and oxygen atoms in total. The number of hydrogen-bond acceptors (Lipinski definition) is 5. The van der Waals surface area contributed by atoms with Crippen LogP contribution in [0.3, 0.4) is 0 Å². The Kier molecular flexibility index (Phi) is 4.38. The number of thioether (sulfide) groups is 1. The minimum absolute atomic E-state index is 0.0968. The van der Waals surface area contributed by atoms with Crippen LogP contribution < -0.4 is 5.32 Å². The monoisotopic (exact) mass is 335 g/mol. The fraction of sp³-hybridized carbons (Fsp3) is 0.0714. The highest BCUT2D eigenvalue weighted by Crippen LogP contribution is 2.27. The summed E-state index contributed by atoms with van der Waals surface area (Å²) < 4.78 is 8.34. The van der Waals surface area contributed by atoms with Crippen molar-refractivity contribution in [1.29, 1.82) is 0 Å². The van der Waals surface area contributed by atoms with Gasteiger partial charge in [-0.1, -0.05) is 29.8 Å². The van der Waals surface area contributed by atoms with Crippen molar-refractivity contribution in [2.45, 2.75) is 4.90 Å². The fourth-order valence-corrected chi connectivity index (χ4v) is 3.39. The maximum Gasteiger partial charge on any atom is 0.234 e. The third kappa shape index (κ3) is 3.34. The number of carbonyl (C=O) groups excluding carboxylic acids is 1. The van der Waals surface area contributed by atoms with E-state index < -0.39 is 0 Å². The van der Waals surface area contributed by atoms with E-state index in [-0.39, 0.29) is 11.7 Å². The third-order valence-corrected chi connectivity index (χ3v) is 4.81. The van der Waals surface area contributed by atoms with Crippen molar-refractivity contribution in [3.8, 4) is 0 Å². The Morgan fingerprint density at radius 3 is 2.90 bits per heavy atom. The summed E-state index contributed by atoms with van der Waals surface area (Å²) in [7, 11) is 0. The first-order chi connectivity index (χ1) is 10.2. The summed E-state index contributed by atoms with van der Waals surface area (Å²) in [5.41, 5.74) is 2.20. The van der Waals surface area contributed by atoms with Crippen LogP contribution in [0, 0.1) is 0 Å². The molecule has 21 heavy (non-hydrogen) atoms. The van der Waals surface area contributed by atoms with Crippen LogP contribution in [0.4, 0.5) is 5.69 Å². The smallest absolute Gasteiger partial charge is 0.234 e. The molecule has 3 rings (SSSR count). The van der Waals surface area contributed by atoms with E-state index in [0.29, 0.717) is 10.7 Å². The van der Waals surface area contributed by atoms with Crippen molar-refractivity contribution >= 4 is 57.7 Å². The van der Waals surface area contributed by atoms with Crippen LogP contribution in [0.25, 0.3) is 11.0 Å². The third-order valence-electron chi connectivity index (χ3n) is 2.76. The van der Waals surface area contributed by atoms with E-state index in [1.165, 1.54) is 11.8 Å². The number of amides is 1. The topological polar surface area (TPSA) is 54.9 Å². The molecular weight excluding hydrogens is 326 g/mol. The number of nitrogens with zero attached hydrogens (tertiary/aromatic N) is 2. The summed E-state index contributed by atoms with van der Waals surface area (Å²) in [4.78, 5) is 12.9. The molecule has 0 saturated heterocycles. The van der Waals surface area contributed by atoms with Crippen LogP contribution in [0.1, 0.15) is 0 Å². The number of aromatic nitrogens is 2. The number of anilines is 1. The first-order valence-corrected chi connectivity index (χ1v) is 8.22. The molecule has 0 unspecified atom stereocenters. The Hall–Kier alpha value is -1.63. The van der Waals surface area contributed by atoms with Crippen molar-refractivity contribution < 1.29 is 4.79 Å². The van der Waals surface area contributed by atoms with Gasteiger partial charge in [0.15, 0.2) is 0 Å². The molecule has 1 heterocycles. The Balaban J connectivity index is 1.67. The molecule has 1 aromatic heterocycles. The van der Waals surface area contributed by atoms with Gasteiger partial charge >= 0.3 is 0 Å². The number of hydrogen-bond donors (Lipinski definition) is 1. The molecular formula is C14H10ClN3OS2. The minimum Gasteiger partial charge on any atom is -0.323 e. The summed E-state index contributed by atoms with van der Waals surface area (Å²) in [6.45, 7) is 0. The van der Waals surface area contributed by atoms with Crippen LogP contribution in [-0.2, 0) is 4.79 Å². The summed E-state index contributed by atoms with van der Waals surface area (Å²) in [6, 6.07) is 13.0. The predicted octanol–water partition coefficient (Wildman–Crippen LogP) is 4.08. The molecule has 7 heteroatoms. The Morgan fingerprint density at radius 1 is 1.19 bits per heavy atom. The molecule has 0 bridgehead atoms. The zero-order valence-corrected chi connectivity index (χ0v) is 13.1. The summed E-state index contributed by atoms with van der Waals surface area (Å²) in [6.07, 6.45) is 0. The zero-order valence-electron chi connectivity index (χ0n) is 10.7. The standard InChI is InChI=1S/C14H10ClN3OS2/c15-9-4-1-2-7-12(9)20-8-13(19)16-10-5-3-6-11-14(10)18-21-17-11/h1-7H,8H2,(H,16,19). The van der Waals surface area contributed by atoms with Gasteiger partial charge in [0, 0.05) is 4.90 Å². The molecule has 0 aliphatic heterocycles. The average molecular weight is 336 g/mol. The number of benzene rings is 2. The predicted molar refractivity (Wildman–Crippen MR) is 88.2 cm³/mol. The lowest BCUT2D eigenvalue weighted by Gasteiger charge is -2.06. The summed E-state index contributed by atoms with van der Waals surface area (Å²) in [5, 5.41) is 3.52. The number of carbonyl (C=O) groups is 1. The Labute approximate surface area is 134 Å². The molecule has 1 amide bonds. The van der Waals surface area contributed by atoms with Gasteiger partial charge in [-0.2, -0.15) is 8.75 Å². The Bertz CT molecular complexity index is 790. The van der Waals surface area contributed by atoms with E-state index >= 15 is 0 Å². The average Bonchev–Trinajstić information content (AvgIpc) is 2.96. The van der Waals surface area contributed by atoms with E-state index in [4.69, 9.17) is 11.6 Å². The highest BCUT2D eigenvalue weighted by molar-refractivity contribution is 8.00. The molecule has 0 radical (unpaired) electrons. The maximum atomic E-state index is 12.0. The van der Waals surface area contributed by atoms with Gasteiger partial charge < -0.3 is 5.32 Å². The fourth-order valence-electron chi connectivity index (χ4n) is 1.80. The lowest BCUT2D eigenvalue weighted by molar-refractivity contribution is -0.113. The SMILES string of the molecule is O=C(CSc1ccccc1Cl)Nc1cccc2nsnc12. The van der Waals surface area contributed by atoms with Crippen molar-refractivity contribution in [1.82, 2.24) is 8.75 Å². The second kappa shape index (κ2) is 6.43. The molecule has 106 valence electrons. The van der Waals surface area contributed by atoms with E-state index in [1.807, 2.05) is 42.5 Å². The molecule has 3 aromatic rings. The van der Waals surface area contributed by atoms with Gasteiger partial charge in [0.05, 0.1) is 28.2 Å². The van der Waals surface area contributed by atoms with Gasteiger partial charge in [-0.25, -0.2) is 0 Å². The van der Waals surface area contributed by atoms with Gasteiger partial charge in [-0.05, 0) is 24.3 Å². The molecule has 0 fully saturated rings. The van der Waals surface area contributed by atoms with Crippen molar-refractivity contribution in [3.63, 3.8) is 0 Å². The van der Waals surface area contributed by atoms with E-state index in [9.17, 15) is 4.79 Å². The molecule has 0 saturated carbocycles.